The van der Waals surface area contributed by atoms with E-state index in [9.17, 15) is 36.3 Å². The summed E-state index contributed by atoms with van der Waals surface area (Å²) in [6, 6.07) is 6.52. The summed E-state index contributed by atoms with van der Waals surface area (Å²) < 4.78 is 83.0. The maximum absolute atomic E-state index is 13.6. The van der Waals surface area contributed by atoms with Gasteiger partial charge in [-0.1, -0.05) is 11.6 Å². The topological polar surface area (TPSA) is 99.6 Å². The number of benzene rings is 2. The molecule has 0 saturated heterocycles. The lowest BCUT2D eigenvalue weighted by molar-refractivity contribution is -0.143. The van der Waals surface area contributed by atoms with E-state index in [2.05, 4.69) is 4.74 Å². The van der Waals surface area contributed by atoms with Crippen LogP contribution in [0.4, 0.5) is 22.0 Å². The predicted octanol–water partition coefficient (Wildman–Crippen LogP) is 4.48. The summed E-state index contributed by atoms with van der Waals surface area (Å²) in [6.45, 7) is -0.407. The molecule has 0 amide bonds. The fourth-order valence-corrected chi connectivity index (χ4v) is 3.12. The number of aromatic nitrogens is 2. The zero-order valence-corrected chi connectivity index (χ0v) is 18.2. The van der Waals surface area contributed by atoms with Crippen LogP contribution in [0, 0.1) is 0 Å². The number of ether oxygens (including phenoxy) is 3. The van der Waals surface area contributed by atoms with Crippen molar-refractivity contribution in [2.75, 3.05) is 13.7 Å². The van der Waals surface area contributed by atoms with Gasteiger partial charge in [0.1, 0.15) is 17.2 Å². The minimum Gasteiger partial charge on any atom is -0.482 e. The third-order valence-corrected chi connectivity index (χ3v) is 4.73. The minimum atomic E-state index is -4.97. The van der Waals surface area contributed by atoms with Gasteiger partial charge in [0.15, 0.2) is 6.61 Å². The molecule has 14 heteroatoms. The third kappa shape index (κ3) is 5.98. The molecular formula is C21H14ClF5N2O6. The molecule has 0 aliphatic heterocycles. The van der Waals surface area contributed by atoms with E-state index < -0.39 is 64.1 Å². The monoisotopic (exact) mass is 520 g/mol. The highest BCUT2D eigenvalue weighted by molar-refractivity contribution is 6.32. The Balaban J connectivity index is 2.07. The first-order valence-electron chi connectivity index (χ1n) is 9.43. The fourth-order valence-electron chi connectivity index (χ4n) is 2.87. The number of esters is 1. The van der Waals surface area contributed by atoms with E-state index in [1.54, 1.807) is 4.98 Å². The van der Waals surface area contributed by atoms with E-state index in [1.807, 2.05) is 0 Å². The zero-order chi connectivity index (χ0) is 25.9. The van der Waals surface area contributed by atoms with E-state index in [0.29, 0.717) is 18.2 Å². The van der Waals surface area contributed by atoms with Crippen LogP contribution in [-0.2, 0) is 15.7 Å². The first kappa shape index (κ1) is 25.7. The number of halogens is 6. The molecule has 35 heavy (non-hydrogen) atoms. The van der Waals surface area contributed by atoms with Gasteiger partial charge in [-0.05, 0) is 30.3 Å². The van der Waals surface area contributed by atoms with Crippen LogP contribution in [-0.4, -0.2) is 29.2 Å². The average molecular weight is 521 g/mol. The van der Waals surface area contributed by atoms with Crippen molar-refractivity contribution in [1.29, 1.82) is 0 Å². The van der Waals surface area contributed by atoms with Crippen LogP contribution in [0.2, 0.25) is 5.02 Å². The van der Waals surface area contributed by atoms with E-state index in [1.165, 1.54) is 24.3 Å². The van der Waals surface area contributed by atoms with Crippen LogP contribution >= 0.6 is 11.6 Å². The summed E-state index contributed by atoms with van der Waals surface area (Å²) in [5, 5.41) is -0.702. The number of rotatable bonds is 7. The quantitative estimate of drug-likeness (QED) is 0.364. The van der Waals surface area contributed by atoms with Crippen LogP contribution in [0.3, 0.4) is 0 Å². The van der Waals surface area contributed by atoms with Gasteiger partial charge in [-0.15, -0.1) is 0 Å². The van der Waals surface area contributed by atoms with Crippen molar-refractivity contribution >= 4 is 17.6 Å². The molecule has 3 aromatic rings. The van der Waals surface area contributed by atoms with Crippen molar-refractivity contribution in [2.45, 2.75) is 12.6 Å². The zero-order valence-electron chi connectivity index (χ0n) is 17.5. The van der Waals surface area contributed by atoms with Crippen molar-refractivity contribution < 1.29 is 41.0 Å². The molecule has 1 N–H and O–H groups in total. The van der Waals surface area contributed by atoms with Crippen LogP contribution in [0.1, 0.15) is 17.7 Å². The molecule has 0 fully saturated rings. The summed E-state index contributed by atoms with van der Waals surface area (Å²) in [4.78, 5) is 36.6. The van der Waals surface area contributed by atoms with Crippen LogP contribution in [0.15, 0.2) is 52.1 Å². The molecule has 0 aliphatic carbocycles. The number of carbonyl (C=O) groups excluding carboxylic acids is 1. The normalized spacial score (nSPS) is 11.4. The standard InChI is InChI=1S/C21H14ClF5N2O6/c1-33-18(31)9-34-10-2-4-11(5-3-10)35-16-7-14(13(22)6-12(16)21(25,26)27)29-15(19(23)24)8-17(30)28-20(29)32/h2-8,19H,9H2,1H3,(H,28,30,32). The molecule has 0 unspecified atom stereocenters. The summed E-state index contributed by atoms with van der Waals surface area (Å²) in [6.07, 6.45) is -8.30. The maximum Gasteiger partial charge on any atom is 0.420 e. The van der Waals surface area contributed by atoms with Gasteiger partial charge in [0.25, 0.3) is 12.0 Å². The second-order valence-electron chi connectivity index (χ2n) is 6.74. The molecule has 1 aromatic heterocycles. The lowest BCUT2D eigenvalue weighted by Gasteiger charge is -2.18. The number of hydrogen-bond donors (Lipinski definition) is 1. The highest BCUT2D eigenvalue weighted by Gasteiger charge is 2.36. The molecule has 8 nitrogen and oxygen atoms in total. The minimum absolute atomic E-state index is 0.128. The number of alkyl halides is 5. The molecule has 186 valence electrons. The second-order valence-corrected chi connectivity index (χ2v) is 7.14. The summed E-state index contributed by atoms with van der Waals surface area (Å²) in [5.41, 5.74) is -5.49. The molecule has 3 rings (SSSR count). The smallest absolute Gasteiger partial charge is 0.420 e. The molecule has 0 aliphatic rings. The highest BCUT2D eigenvalue weighted by Crippen LogP contribution is 2.42. The highest BCUT2D eigenvalue weighted by atomic mass is 35.5. The van der Waals surface area contributed by atoms with Crippen LogP contribution < -0.4 is 20.7 Å². The molecule has 0 radical (unpaired) electrons. The number of hydrogen-bond acceptors (Lipinski definition) is 6. The second kappa shape index (κ2) is 10.2. The van der Waals surface area contributed by atoms with Gasteiger partial charge in [0.2, 0.25) is 0 Å². The molecule has 0 atom stereocenters. The number of aromatic amines is 1. The summed E-state index contributed by atoms with van der Waals surface area (Å²) in [7, 11) is 1.16. The van der Waals surface area contributed by atoms with Gasteiger partial charge in [-0.2, -0.15) is 13.2 Å². The summed E-state index contributed by atoms with van der Waals surface area (Å²) in [5.74, 6) is -1.47. The Morgan fingerprint density at radius 3 is 2.29 bits per heavy atom. The molecule has 1 heterocycles. The Morgan fingerprint density at radius 2 is 1.71 bits per heavy atom. The number of H-pyrrole nitrogens is 1. The average Bonchev–Trinajstić information content (AvgIpc) is 2.78. The molecular weight excluding hydrogens is 507 g/mol. The molecule has 0 saturated carbocycles. The van der Waals surface area contributed by atoms with Crippen molar-refractivity contribution in [2.24, 2.45) is 0 Å². The predicted molar refractivity (Wildman–Crippen MR) is 112 cm³/mol. The van der Waals surface area contributed by atoms with Crippen molar-refractivity contribution in [1.82, 2.24) is 9.55 Å². The Bertz CT molecular complexity index is 1350. The van der Waals surface area contributed by atoms with Gasteiger partial charge in [0.05, 0.1) is 29.1 Å². The van der Waals surface area contributed by atoms with Crippen LogP contribution in [0.5, 0.6) is 17.2 Å². The SMILES string of the molecule is COC(=O)COc1ccc(Oc2cc(-n3c(C(F)F)cc(=O)[nH]c3=O)c(Cl)cc2C(F)(F)F)cc1. The summed E-state index contributed by atoms with van der Waals surface area (Å²) >= 11 is 5.92. The Kier molecular flexibility index (Phi) is 7.48. The number of methoxy groups -OCH3 is 1. The first-order valence-corrected chi connectivity index (χ1v) is 9.81. The van der Waals surface area contributed by atoms with Gasteiger partial charge in [-0.25, -0.2) is 18.4 Å². The van der Waals surface area contributed by atoms with E-state index in [0.717, 1.165) is 7.11 Å². The Morgan fingerprint density at radius 1 is 1.09 bits per heavy atom. The van der Waals surface area contributed by atoms with Gasteiger partial charge in [0, 0.05) is 12.1 Å². The molecule has 2 aromatic carbocycles. The van der Waals surface area contributed by atoms with Crippen molar-refractivity contribution in [3.05, 3.63) is 79.6 Å². The van der Waals surface area contributed by atoms with Gasteiger partial charge >= 0.3 is 17.8 Å². The van der Waals surface area contributed by atoms with Crippen molar-refractivity contribution in [3.63, 3.8) is 0 Å². The lowest BCUT2D eigenvalue weighted by atomic mass is 10.1. The van der Waals surface area contributed by atoms with E-state index >= 15 is 0 Å². The largest absolute Gasteiger partial charge is 0.482 e. The number of carbonyl (C=O) groups is 1. The lowest BCUT2D eigenvalue weighted by Crippen LogP contribution is -2.31. The Labute approximate surface area is 197 Å². The van der Waals surface area contributed by atoms with E-state index in [4.69, 9.17) is 21.1 Å². The molecule has 0 bridgehead atoms. The first-order chi connectivity index (χ1) is 16.4. The van der Waals surface area contributed by atoms with Gasteiger partial charge in [-0.3, -0.25) is 14.3 Å². The number of nitrogens with zero attached hydrogens (tertiary/aromatic N) is 1. The number of nitrogens with one attached hydrogen (secondary N) is 1. The fraction of sp³-hybridized carbons (Fsp3) is 0.190. The Hall–Kier alpha value is -3.87. The van der Waals surface area contributed by atoms with Crippen LogP contribution in [0.25, 0.3) is 5.69 Å². The van der Waals surface area contributed by atoms with Crippen molar-refractivity contribution in [3.8, 4) is 22.9 Å². The maximum atomic E-state index is 13.6. The third-order valence-electron chi connectivity index (χ3n) is 4.43. The van der Waals surface area contributed by atoms with Gasteiger partial charge < -0.3 is 14.2 Å². The molecule has 0 spiro atoms. The van der Waals surface area contributed by atoms with E-state index in [-0.39, 0.29) is 16.1 Å².